The minimum atomic E-state index is 1.01. The van der Waals surface area contributed by atoms with Crippen LogP contribution in [0.5, 0.6) is 0 Å². The van der Waals surface area contributed by atoms with Gasteiger partial charge in [-0.2, -0.15) is 0 Å². The van der Waals surface area contributed by atoms with Crippen molar-refractivity contribution in [2.45, 2.75) is 46.6 Å². The molecule has 2 nitrogen and oxygen atoms in total. The van der Waals surface area contributed by atoms with E-state index in [-0.39, 0.29) is 0 Å². The first kappa shape index (κ1) is 18.6. The summed E-state index contributed by atoms with van der Waals surface area (Å²) in [7, 11) is 0. The Balaban J connectivity index is 1.89. The maximum atomic E-state index is 4.52. The van der Waals surface area contributed by atoms with Crippen molar-refractivity contribution in [2.24, 2.45) is 0 Å². The SMILES string of the molecule is C=C(C)/C(=C/C)c1cc(-c2cncc(CN3CCCCC3)c2)ccc1C. The van der Waals surface area contributed by atoms with Gasteiger partial charge in [-0.3, -0.25) is 9.88 Å². The molecule has 2 heterocycles. The number of pyridine rings is 1. The molecule has 0 spiro atoms. The normalized spacial score (nSPS) is 15.9. The molecule has 0 atom stereocenters. The molecule has 3 rings (SSSR count). The largest absolute Gasteiger partial charge is 0.299 e. The lowest BCUT2D eigenvalue weighted by Crippen LogP contribution is -2.29. The molecular formula is C24H30N2. The number of likely N-dealkylation sites (tertiary alicyclic amines) is 1. The topological polar surface area (TPSA) is 16.1 Å². The van der Waals surface area contributed by atoms with Crippen LogP contribution in [0, 0.1) is 6.92 Å². The Labute approximate surface area is 158 Å². The van der Waals surface area contributed by atoms with E-state index in [9.17, 15) is 0 Å². The third-order valence-corrected chi connectivity index (χ3v) is 5.26. The van der Waals surface area contributed by atoms with Crippen molar-refractivity contribution in [1.29, 1.82) is 0 Å². The van der Waals surface area contributed by atoms with Crippen LogP contribution in [0.25, 0.3) is 16.7 Å². The standard InChI is InChI=1S/C24H30N2/c1-5-23(18(2)3)24-14-21(10-9-19(24)4)22-13-20(15-25-16-22)17-26-11-7-6-8-12-26/h5,9-10,13-16H,2,6-8,11-12,17H2,1,3-4H3/b23-5-. The molecule has 1 aromatic carbocycles. The molecule has 0 unspecified atom stereocenters. The summed E-state index contributed by atoms with van der Waals surface area (Å²) in [4.78, 5) is 7.07. The van der Waals surface area contributed by atoms with E-state index in [0.29, 0.717) is 0 Å². The van der Waals surface area contributed by atoms with Gasteiger partial charge < -0.3 is 0 Å². The Morgan fingerprint density at radius 1 is 1.12 bits per heavy atom. The van der Waals surface area contributed by atoms with Crippen LogP contribution in [0.2, 0.25) is 0 Å². The Morgan fingerprint density at radius 3 is 2.58 bits per heavy atom. The molecular weight excluding hydrogens is 316 g/mol. The molecule has 2 heteroatoms. The van der Waals surface area contributed by atoms with E-state index in [1.54, 1.807) is 0 Å². The zero-order chi connectivity index (χ0) is 18.5. The number of allylic oxidation sites excluding steroid dienone is 3. The number of aromatic nitrogens is 1. The Hall–Kier alpha value is -2.19. The van der Waals surface area contributed by atoms with Gasteiger partial charge in [0.1, 0.15) is 0 Å². The number of piperidine rings is 1. The van der Waals surface area contributed by atoms with E-state index in [1.807, 2.05) is 12.4 Å². The lowest BCUT2D eigenvalue weighted by molar-refractivity contribution is 0.220. The second kappa shape index (κ2) is 8.46. The van der Waals surface area contributed by atoms with Crippen molar-refractivity contribution in [3.8, 4) is 11.1 Å². The number of rotatable bonds is 5. The maximum absolute atomic E-state index is 4.52. The van der Waals surface area contributed by atoms with E-state index in [1.165, 1.54) is 65.7 Å². The summed E-state index contributed by atoms with van der Waals surface area (Å²) in [5, 5.41) is 0. The number of hydrogen-bond acceptors (Lipinski definition) is 2. The molecule has 0 amide bonds. The van der Waals surface area contributed by atoms with Crippen LogP contribution in [-0.4, -0.2) is 23.0 Å². The third kappa shape index (κ3) is 4.31. The smallest absolute Gasteiger partial charge is 0.0346 e. The quantitative estimate of drug-likeness (QED) is 0.615. The Bertz CT molecular complexity index is 811. The fraction of sp³-hybridized carbons (Fsp3) is 0.375. The Morgan fingerprint density at radius 2 is 1.88 bits per heavy atom. The van der Waals surface area contributed by atoms with Crippen LogP contribution in [-0.2, 0) is 6.54 Å². The van der Waals surface area contributed by atoms with Crippen molar-refractivity contribution in [1.82, 2.24) is 9.88 Å². The van der Waals surface area contributed by atoms with Gasteiger partial charge in [-0.25, -0.2) is 0 Å². The van der Waals surface area contributed by atoms with Gasteiger partial charge in [0, 0.05) is 24.5 Å². The lowest BCUT2D eigenvalue weighted by Gasteiger charge is -2.26. The summed E-state index contributed by atoms with van der Waals surface area (Å²) in [6, 6.07) is 8.98. The summed E-state index contributed by atoms with van der Waals surface area (Å²) in [5.41, 5.74) is 8.59. The minimum absolute atomic E-state index is 1.01. The van der Waals surface area contributed by atoms with Gasteiger partial charge in [-0.15, -0.1) is 0 Å². The van der Waals surface area contributed by atoms with Crippen LogP contribution in [0.1, 0.15) is 49.8 Å². The van der Waals surface area contributed by atoms with E-state index in [2.05, 4.69) is 67.6 Å². The molecule has 1 fully saturated rings. The summed E-state index contributed by atoms with van der Waals surface area (Å²) in [5.74, 6) is 0. The van der Waals surface area contributed by atoms with E-state index in [0.717, 1.165) is 12.1 Å². The van der Waals surface area contributed by atoms with Crippen molar-refractivity contribution < 1.29 is 0 Å². The van der Waals surface area contributed by atoms with Gasteiger partial charge in [0.15, 0.2) is 0 Å². The highest BCUT2D eigenvalue weighted by Crippen LogP contribution is 2.30. The molecule has 1 aliphatic rings. The van der Waals surface area contributed by atoms with Crippen LogP contribution in [0.3, 0.4) is 0 Å². The van der Waals surface area contributed by atoms with E-state index in [4.69, 9.17) is 0 Å². The average molecular weight is 347 g/mol. The molecule has 0 aliphatic carbocycles. The maximum Gasteiger partial charge on any atom is 0.0346 e. The van der Waals surface area contributed by atoms with E-state index < -0.39 is 0 Å². The van der Waals surface area contributed by atoms with E-state index >= 15 is 0 Å². The van der Waals surface area contributed by atoms with Crippen molar-refractivity contribution in [2.75, 3.05) is 13.1 Å². The fourth-order valence-corrected chi connectivity index (χ4v) is 3.83. The Kier molecular flexibility index (Phi) is 6.05. The molecule has 1 aliphatic heterocycles. The highest BCUT2D eigenvalue weighted by atomic mass is 15.1. The summed E-state index contributed by atoms with van der Waals surface area (Å²) in [6.45, 7) is 13.9. The van der Waals surface area contributed by atoms with Crippen LogP contribution >= 0.6 is 0 Å². The van der Waals surface area contributed by atoms with Crippen molar-refractivity contribution in [3.05, 3.63) is 71.6 Å². The highest BCUT2D eigenvalue weighted by molar-refractivity contribution is 5.82. The lowest BCUT2D eigenvalue weighted by atomic mass is 9.92. The first-order chi connectivity index (χ1) is 12.6. The first-order valence-electron chi connectivity index (χ1n) is 9.68. The molecule has 0 bridgehead atoms. The summed E-state index contributed by atoms with van der Waals surface area (Å²) < 4.78 is 0. The fourth-order valence-electron chi connectivity index (χ4n) is 3.83. The van der Waals surface area contributed by atoms with Crippen LogP contribution in [0.15, 0.2) is 54.9 Å². The van der Waals surface area contributed by atoms with Crippen molar-refractivity contribution in [3.63, 3.8) is 0 Å². The predicted octanol–water partition coefficient (Wildman–Crippen LogP) is 6.02. The summed E-state index contributed by atoms with van der Waals surface area (Å²) in [6.07, 6.45) is 10.2. The monoisotopic (exact) mass is 346 g/mol. The van der Waals surface area contributed by atoms with Gasteiger partial charge in [0.25, 0.3) is 0 Å². The number of nitrogens with zero attached hydrogens (tertiary/aromatic N) is 2. The number of benzene rings is 1. The summed E-state index contributed by atoms with van der Waals surface area (Å²) >= 11 is 0. The third-order valence-electron chi connectivity index (χ3n) is 5.26. The zero-order valence-electron chi connectivity index (χ0n) is 16.4. The van der Waals surface area contributed by atoms with Gasteiger partial charge in [-0.1, -0.05) is 36.8 Å². The van der Waals surface area contributed by atoms with Gasteiger partial charge in [-0.05, 0) is 86.7 Å². The second-order valence-electron chi connectivity index (χ2n) is 7.43. The molecule has 0 radical (unpaired) electrons. The van der Waals surface area contributed by atoms with Gasteiger partial charge in [0.05, 0.1) is 0 Å². The molecule has 1 aromatic heterocycles. The zero-order valence-corrected chi connectivity index (χ0v) is 16.4. The predicted molar refractivity (Wildman–Crippen MR) is 112 cm³/mol. The van der Waals surface area contributed by atoms with Crippen LogP contribution in [0.4, 0.5) is 0 Å². The number of aryl methyl sites for hydroxylation is 1. The molecule has 0 saturated carbocycles. The molecule has 26 heavy (non-hydrogen) atoms. The molecule has 136 valence electrons. The molecule has 1 saturated heterocycles. The van der Waals surface area contributed by atoms with Gasteiger partial charge in [0.2, 0.25) is 0 Å². The average Bonchev–Trinajstić information content (AvgIpc) is 2.64. The number of hydrogen-bond donors (Lipinski definition) is 0. The van der Waals surface area contributed by atoms with Gasteiger partial charge >= 0.3 is 0 Å². The van der Waals surface area contributed by atoms with Crippen molar-refractivity contribution >= 4 is 5.57 Å². The molecule has 2 aromatic rings. The minimum Gasteiger partial charge on any atom is -0.299 e. The second-order valence-corrected chi connectivity index (χ2v) is 7.43. The highest BCUT2D eigenvalue weighted by Gasteiger charge is 2.12. The molecule has 0 N–H and O–H groups in total. The van der Waals surface area contributed by atoms with Crippen LogP contribution < -0.4 is 0 Å². The first-order valence-corrected chi connectivity index (χ1v) is 9.68.